The van der Waals surface area contributed by atoms with Crippen molar-refractivity contribution in [3.8, 4) is 11.8 Å². The van der Waals surface area contributed by atoms with Gasteiger partial charge < -0.3 is 9.84 Å². The third-order valence-electron chi connectivity index (χ3n) is 2.66. The summed E-state index contributed by atoms with van der Waals surface area (Å²) >= 11 is 0. The highest BCUT2D eigenvalue weighted by atomic mass is 16.5. The van der Waals surface area contributed by atoms with Crippen LogP contribution in [0.15, 0.2) is 24.3 Å². The fourth-order valence-electron chi connectivity index (χ4n) is 1.57. The van der Waals surface area contributed by atoms with Crippen molar-refractivity contribution in [1.29, 1.82) is 5.26 Å². The Labute approximate surface area is 100 Å². The summed E-state index contributed by atoms with van der Waals surface area (Å²) in [6, 6.07) is 8.24. The summed E-state index contributed by atoms with van der Waals surface area (Å²) in [4.78, 5) is 11.9. The van der Waals surface area contributed by atoms with Gasteiger partial charge in [0.05, 0.1) is 19.1 Å². The lowest BCUT2D eigenvalue weighted by molar-refractivity contribution is -0.149. The number of nitriles is 1. The van der Waals surface area contributed by atoms with Gasteiger partial charge >= 0.3 is 5.97 Å². The Bertz CT molecular complexity index is 433. The van der Waals surface area contributed by atoms with Crippen molar-refractivity contribution in [3.63, 3.8) is 0 Å². The molecule has 1 aromatic rings. The average molecular weight is 233 g/mol. The number of phenols is 1. The first-order chi connectivity index (χ1) is 8.04. The maximum atomic E-state index is 11.9. The third-order valence-corrected chi connectivity index (χ3v) is 2.66. The van der Waals surface area contributed by atoms with Gasteiger partial charge in [0.1, 0.15) is 11.2 Å². The summed E-state index contributed by atoms with van der Waals surface area (Å²) in [5.41, 5.74) is -0.325. The van der Waals surface area contributed by atoms with Gasteiger partial charge in [0, 0.05) is 0 Å². The molecule has 1 N–H and O–H groups in total. The van der Waals surface area contributed by atoms with Gasteiger partial charge in [0.15, 0.2) is 0 Å². The number of carbonyl (C=O) groups is 1. The molecule has 1 atom stereocenters. The van der Waals surface area contributed by atoms with Crippen LogP contribution in [0.1, 0.15) is 25.8 Å². The Balaban J connectivity index is 3.11. The number of aromatic hydroxyl groups is 1. The molecular formula is C13H15NO3. The number of phenolic OH excluding ortho intramolecular Hbond substituents is 1. The van der Waals surface area contributed by atoms with Crippen molar-refractivity contribution < 1.29 is 14.6 Å². The number of esters is 1. The molecule has 0 aliphatic rings. The maximum Gasteiger partial charge on any atom is 0.317 e. The highest BCUT2D eigenvalue weighted by molar-refractivity contribution is 5.83. The first kappa shape index (κ1) is 13.0. The largest absolute Gasteiger partial charge is 0.508 e. The smallest absolute Gasteiger partial charge is 0.317 e. The third kappa shape index (κ3) is 2.76. The molecule has 0 amide bonds. The SMILES string of the molecule is CCOC(=O)C(C)(CC#N)c1ccc(O)cc1. The zero-order valence-electron chi connectivity index (χ0n) is 9.93. The quantitative estimate of drug-likeness (QED) is 0.809. The van der Waals surface area contributed by atoms with Gasteiger partial charge in [-0.25, -0.2) is 0 Å². The van der Waals surface area contributed by atoms with Gasteiger partial charge in [-0.3, -0.25) is 4.79 Å². The van der Waals surface area contributed by atoms with Gasteiger partial charge in [-0.1, -0.05) is 12.1 Å². The van der Waals surface area contributed by atoms with Crippen molar-refractivity contribution in [2.45, 2.75) is 25.7 Å². The Morgan fingerprint density at radius 3 is 2.53 bits per heavy atom. The molecular weight excluding hydrogens is 218 g/mol. The minimum atomic E-state index is -0.988. The normalized spacial score (nSPS) is 13.5. The zero-order valence-corrected chi connectivity index (χ0v) is 9.93. The van der Waals surface area contributed by atoms with Crippen LogP contribution in [0.4, 0.5) is 0 Å². The summed E-state index contributed by atoms with van der Waals surface area (Å²) in [5.74, 6) is -0.302. The van der Waals surface area contributed by atoms with Gasteiger partial charge in [0.2, 0.25) is 0 Å². The monoisotopic (exact) mass is 233 g/mol. The first-order valence-corrected chi connectivity index (χ1v) is 5.38. The zero-order chi connectivity index (χ0) is 12.9. The summed E-state index contributed by atoms with van der Waals surface area (Å²) in [6.07, 6.45) is 0.0383. The molecule has 0 saturated heterocycles. The maximum absolute atomic E-state index is 11.9. The van der Waals surface area contributed by atoms with Gasteiger partial charge in [0.25, 0.3) is 0 Å². The Morgan fingerprint density at radius 1 is 1.47 bits per heavy atom. The number of carbonyl (C=O) groups excluding carboxylic acids is 1. The van der Waals surface area contributed by atoms with E-state index in [1.165, 1.54) is 12.1 Å². The van der Waals surface area contributed by atoms with E-state index in [1.807, 2.05) is 6.07 Å². The predicted octanol–water partition coefficient (Wildman–Crippen LogP) is 2.13. The number of rotatable bonds is 4. The number of ether oxygens (including phenoxy) is 1. The Hall–Kier alpha value is -2.02. The number of hydrogen-bond donors (Lipinski definition) is 1. The van der Waals surface area contributed by atoms with E-state index in [4.69, 9.17) is 10.00 Å². The van der Waals surface area contributed by atoms with E-state index in [0.717, 1.165) is 0 Å². The fraction of sp³-hybridized carbons (Fsp3) is 0.385. The van der Waals surface area contributed by atoms with Crippen LogP contribution in [0.25, 0.3) is 0 Å². The molecule has 0 aliphatic heterocycles. The molecule has 1 aromatic carbocycles. The molecule has 4 nitrogen and oxygen atoms in total. The average Bonchev–Trinajstić information content (AvgIpc) is 2.30. The van der Waals surface area contributed by atoms with E-state index >= 15 is 0 Å². The number of benzene rings is 1. The summed E-state index contributed by atoms with van der Waals surface area (Å²) < 4.78 is 4.99. The molecule has 17 heavy (non-hydrogen) atoms. The van der Waals surface area contributed by atoms with Crippen molar-refractivity contribution in [1.82, 2.24) is 0 Å². The summed E-state index contributed by atoms with van der Waals surface area (Å²) in [7, 11) is 0. The van der Waals surface area contributed by atoms with Crippen LogP contribution in [-0.4, -0.2) is 17.7 Å². The van der Waals surface area contributed by atoms with Crippen LogP contribution in [0.5, 0.6) is 5.75 Å². The Kier molecular flexibility index (Phi) is 4.11. The van der Waals surface area contributed by atoms with Crippen LogP contribution < -0.4 is 0 Å². The lowest BCUT2D eigenvalue weighted by Gasteiger charge is -2.24. The molecule has 0 radical (unpaired) electrons. The molecule has 4 heteroatoms. The molecule has 0 aliphatic carbocycles. The Morgan fingerprint density at radius 2 is 2.06 bits per heavy atom. The van der Waals surface area contributed by atoms with Crippen LogP contribution in [-0.2, 0) is 14.9 Å². The van der Waals surface area contributed by atoms with E-state index in [9.17, 15) is 9.90 Å². The highest BCUT2D eigenvalue weighted by Gasteiger charge is 2.36. The van der Waals surface area contributed by atoms with Gasteiger partial charge in [-0.05, 0) is 31.5 Å². The minimum absolute atomic E-state index is 0.0383. The van der Waals surface area contributed by atoms with Crippen LogP contribution in [0, 0.1) is 11.3 Å². The van der Waals surface area contributed by atoms with E-state index < -0.39 is 11.4 Å². The van der Waals surface area contributed by atoms with Crippen molar-refractivity contribution in [2.24, 2.45) is 0 Å². The molecule has 0 saturated carbocycles. The molecule has 0 spiro atoms. The van der Waals surface area contributed by atoms with E-state index in [2.05, 4.69) is 0 Å². The van der Waals surface area contributed by atoms with Crippen LogP contribution in [0.2, 0.25) is 0 Å². The minimum Gasteiger partial charge on any atom is -0.508 e. The van der Waals surface area contributed by atoms with Crippen molar-refractivity contribution in [2.75, 3.05) is 6.61 Å². The van der Waals surface area contributed by atoms with E-state index in [-0.39, 0.29) is 18.8 Å². The summed E-state index contributed by atoms with van der Waals surface area (Å²) in [5, 5.41) is 18.0. The topological polar surface area (TPSA) is 70.3 Å². The molecule has 0 aromatic heterocycles. The highest BCUT2D eigenvalue weighted by Crippen LogP contribution is 2.30. The second-order valence-electron chi connectivity index (χ2n) is 3.93. The van der Waals surface area contributed by atoms with E-state index in [0.29, 0.717) is 5.56 Å². The fourth-order valence-corrected chi connectivity index (χ4v) is 1.57. The van der Waals surface area contributed by atoms with Crippen LogP contribution >= 0.6 is 0 Å². The van der Waals surface area contributed by atoms with E-state index in [1.54, 1.807) is 26.0 Å². The second-order valence-corrected chi connectivity index (χ2v) is 3.93. The first-order valence-electron chi connectivity index (χ1n) is 5.38. The molecule has 0 fully saturated rings. The van der Waals surface area contributed by atoms with Crippen molar-refractivity contribution >= 4 is 5.97 Å². The number of hydrogen-bond acceptors (Lipinski definition) is 4. The summed E-state index contributed by atoms with van der Waals surface area (Å²) in [6.45, 7) is 3.67. The lowest BCUT2D eigenvalue weighted by Crippen LogP contribution is -2.34. The standard InChI is InChI=1S/C13H15NO3/c1-3-17-12(16)13(2,8-9-14)10-4-6-11(15)7-5-10/h4-7,15H,3,8H2,1-2H3. The molecule has 1 rings (SSSR count). The number of nitrogens with zero attached hydrogens (tertiary/aromatic N) is 1. The van der Waals surface area contributed by atoms with Crippen molar-refractivity contribution in [3.05, 3.63) is 29.8 Å². The molecule has 1 unspecified atom stereocenters. The molecule has 0 bridgehead atoms. The predicted molar refractivity (Wildman–Crippen MR) is 62.3 cm³/mol. The van der Waals surface area contributed by atoms with Gasteiger partial charge in [-0.2, -0.15) is 5.26 Å². The van der Waals surface area contributed by atoms with Gasteiger partial charge in [-0.15, -0.1) is 0 Å². The van der Waals surface area contributed by atoms with Crippen LogP contribution in [0.3, 0.4) is 0 Å². The molecule has 0 heterocycles. The molecule has 90 valence electrons. The second kappa shape index (κ2) is 5.35. The lowest BCUT2D eigenvalue weighted by atomic mass is 9.80.